The normalized spacial score (nSPS) is 12.6. The standard InChI is InChI=1S/C17H12F4N4O2/c1-9(10-3-2-4-11(7-10)17(19,20)21)23-14(26)16-25-24-15(27-16)13-6-5-12(18)8-22-13/h2-9H,1H3,(H,23,26)/t9-/m1/s1. The molecule has 0 saturated heterocycles. The number of carbonyl (C=O) groups is 1. The summed E-state index contributed by atoms with van der Waals surface area (Å²) in [6, 6.07) is 6.31. The third-order valence-electron chi connectivity index (χ3n) is 3.63. The number of carbonyl (C=O) groups excluding carboxylic acids is 1. The maximum absolute atomic E-state index is 12.9. The number of amides is 1. The van der Waals surface area contributed by atoms with E-state index in [-0.39, 0.29) is 17.1 Å². The molecule has 0 radical (unpaired) electrons. The van der Waals surface area contributed by atoms with Gasteiger partial charge < -0.3 is 9.73 Å². The van der Waals surface area contributed by atoms with E-state index in [1.54, 1.807) is 0 Å². The first-order valence-electron chi connectivity index (χ1n) is 7.67. The second kappa shape index (κ2) is 7.14. The van der Waals surface area contributed by atoms with Crippen LogP contribution in [0.5, 0.6) is 0 Å². The van der Waals surface area contributed by atoms with Crippen molar-refractivity contribution >= 4 is 5.91 Å². The van der Waals surface area contributed by atoms with Crippen molar-refractivity contribution in [2.45, 2.75) is 19.1 Å². The van der Waals surface area contributed by atoms with Crippen LogP contribution in [0.1, 0.15) is 34.8 Å². The van der Waals surface area contributed by atoms with E-state index < -0.39 is 35.4 Å². The van der Waals surface area contributed by atoms with Crippen molar-refractivity contribution in [1.29, 1.82) is 0 Å². The molecule has 0 unspecified atom stereocenters. The topological polar surface area (TPSA) is 80.9 Å². The van der Waals surface area contributed by atoms with Crippen molar-refractivity contribution in [2.24, 2.45) is 0 Å². The molecule has 140 valence electrons. The lowest BCUT2D eigenvalue weighted by molar-refractivity contribution is -0.137. The number of benzene rings is 1. The molecular formula is C17H12F4N4O2. The van der Waals surface area contributed by atoms with Gasteiger partial charge in [0.25, 0.3) is 5.89 Å². The zero-order valence-electron chi connectivity index (χ0n) is 13.8. The summed E-state index contributed by atoms with van der Waals surface area (Å²) in [4.78, 5) is 16.0. The lowest BCUT2D eigenvalue weighted by Gasteiger charge is -2.15. The Hall–Kier alpha value is -3.30. The van der Waals surface area contributed by atoms with Crippen molar-refractivity contribution in [3.8, 4) is 11.6 Å². The lowest BCUT2D eigenvalue weighted by Crippen LogP contribution is -2.27. The molecular weight excluding hydrogens is 368 g/mol. The fourth-order valence-electron chi connectivity index (χ4n) is 2.25. The van der Waals surface area contributed by atoms with Crippen LogP contribution in [0.2, 0.25) is 0 Å². The maximum atomic E-state index is 12.9. The molecule has 0 bridgehead atoms. The number of rotatable bonds is 4. The van der Waals surface area contributed by atoms with Crippen LogP contribution in [-0.2, 0) is 6.18 Å². The van der Waals surface area contributed by atoms with Crippen molar-refractivity contribution in [1.82, 2.24) is 20.5 Å². The Morgan fingerprint density at radius 3 is 2.63 bits per heavy atom. The average molecular weight is 380 g/mol. The van der Waals surface area contributed by atoms with Crippen LogP contribution in [-0.4, -0.2) is 21.1 Å². The molecule has 6 nitrogen and oxygen atoms in total. The van der Waals surface area contributed by atoms with Gasteiger partial charge in [0.05, 0.1) is 17.8 Å². The predicted molar refractivity (Wildman–Crippen MR) is 84.8 cm³/mol. The van der Waals surface area contributed by atoms with E-state index in [0.717, 1.165) is 24.4 Å². The fourth-order valence-corrected chi connectivity index (χ4v) is 2.25. The second-order valence-corrected chi connectivity index (χ2v) is 5.59. The highest BCUT2D eigenvalue weighted by Gasteiger charge is 2.31. The number of hydrogen-bond acceptors (Lipinski definition) is 5. The zero-order valence-corrected chi connectivity index (χ0v) is 13.8. The number of halogens is 4. The molecule has 0 aliphatic rings. The van der Waals surface area contributed by atoms with Crippen LogP contribution in [0.25, 0.3) is 11.6 Å². The fraction of sp³-hybridized carbons (Fsp3) is 0.176. The van der Waals surface area contributed by atoms with Gasteiger partial charge in [-0.05, 0) is 36.8 Å². The summed E-state index contributed by atoms with van der Waals surface area (Å²) in [5.41, 5.74) is -0.379. The number of alkyl halides is 3. The molecule has 0 aliphatic carbocycles. The van der Waals surface area contributed by atoms with Crippen molar-refractivity contribution in [3.05, 3.63) is 65.4 Å². The van der Waals surface area contributed by atoms with E-state index in [1.165, 1.54) is 25.1 Å². The summed E-state index contributed by atoms with van der Waals surface area (Å²) in [7, 11) is 0. The first-order valence-corrected chi connectivity index (χ1v) is 7.67. The van der Waals surface area contributed by atoms with E-state index in [1.807, 2.05) is 0 Å². The van der Waals surface area contributed by atoms with E-state index in [2.05, 4.69) is 20.5 Å². The van der Waals surface area contributed by atoms with Gasteiger partial charge in [-0.25, -0.2) is 9.37 Å². The van der Waals surface area contributed by atoms with Crippen LogP contribution in [0, 0.1) is 5.82 Å². The Morgan fingerprint density at radius 2 is 1.96 bits per heavy atom. The van der Waals surface area contributed by atoms with Gasteiger partial charge in [0.2, 0.25) is 0 Å². The zero-order chi connectivity index (χ0) is 19.6. The molecule has 10 heteroatoms. The first-order chi connectivity index (χ1) is 12.7. The first kappa shape index (κ1) is 18.5. The summed E-state index contributed by atoms with van der Waals surface area (Å²) in [5, 5.41) is 9.71. The summed E-state index contributed by atoms with van der Waals surface area (Å²) in [5.74, 6) is -1.80. The number of nitrogens with one attached hydrogen (secondary N) is 1. The molecule has 1 N–H and O–H groups in total. The number of aromatic nitrogens is 3. The third kappa shape index (κ3) is 4.27. The summed E-state index contributed by atoms with van der Waals surface area (Å²) < 4.78 is 56.5. The molecule has 2 heterocycles. The molecule has 1 amide bonds. The smallest absolute Gasteiger partial charge is 0.411 e. The van der Waals surface area contributed by atoms with Crippen molar-refractivity contribution < 1.29 is 26.8 Å². The van der Waals surface area contributed by atoms with Crippen molar-refractivity contribution in [3.63, 3.8) is 0 Å². The third-order valence-corrected chi connectivity index (χ3v) is 3.63. The highest BCUT2D eigenvalue weighted by molar-refractivity contribution is 5.89. The van der Waals surface area contributed by atoms with Gasteiger partial charge in [0.1, 0.15) is 11.5 Å². The van der Waals surface area contributed by atoms with Gasteiger partial charge in [-0.15, -0.1) is 10.2 Å². The van der Waals surface area contributed by atoms with Gasteiger partial charge in [0, 0.05) is 0 Å². The molecule has 27 heavy (non-hydrogen) atoms. The highest BCUT2D eigenvalue weighted by atomic mass is 19.4. The van der Waals surface area contributed by atoms with Gasteiger partial charge in [-0.3, -0.25) is 4.79 Å². The summed E-state index contributed by atoms with van der Waals surface area (Å²) in [6.45, 7) is 1.52. The van der Waals surface area contributed by atoms with Crippen LogP contribution < -0.4 is 5.32 Å². The largest absolute Gasteiger partial charge is 0.416 e. The Balaban J connectivity index is 1.73. The van der Waals surface area contributed by atoms with Crippen molar-refractivity contribution in [2.75, 3.05) is 0 Å². The minimum atomic E-state index is -4.48. The van der Waals surface area contributed by atoms with E-state index >= 15 is 0 Å². The average Bonchev–Trinajstić information content (AvgIpc) is 3.12. The van der Waals surface area contributed by atoms with Crippen LogP contribution in [0.3, 0.4) is 0 Å². The molecule has 2 aromatic heterocycles. The molecule has 0 fully saturated rings. The monoisotopic (exact) mass is 380 g/mol. The summed E-state index contributed by atoms with van der Waals surface area (Å²) >= 11 is 0. The molecule has 1 aromatic carbocycles. The molecule has 1 atom stereocenters. The number of pyridine rings is 1. The van der Waals surface area contributed by atoms with E-state index in [9.17, 15) is 22.4 Å². The Kier molecular flexibility index (Phi) is 4.89. The van der Waals surface area contributed by atoms with Gasteiger partial charge in [-0.2, -0.15) is 13.2 Å². The second-order valence-electron chi connectivity index (χ2n) is 5.59. The molecule has 0 spiro atoms. The van der Waals surface area contributed by atoms with E-state index in [0.29, 0.717) is 0 Å². The molecule has 3 aromatic rings. The molecule has 3 rings (SSSR count). The molecule has 0 aliphatic heterocycles. The summed E-state index contributed by atoms with van der Waals surface area (Å²) in [6.07, 6.45) is -3.53. The Labute approximate surface area is 150 Å². The van der Waals surface area contributed by atoms with Crippen LogP contribution in [0.15, 0.2) is 47.0 Å². The highest BCUT2D eigenvalue weighted by Crippen LogP contribution is 2.30. The maximum Gasteiger partial charge on any atom is 0.416 e. The minimum absolute atomic E-state index is 0.0909. The lowest BCUT2D eigenvalue weighted by atomic mass is 10.0. The number of hydrogen-bond donors (Lipinski definition) is 1. The number of nitrogens with zero attached hydrogens (tertiary/aromatic N) is 3. The van der Waals surface area contributed by atoms with Gasteiger partial charge >= 0.3 is 18.0 Å². The Bertz CT molecular complexity index is 954. The van der Waals surface area contributed by atoms with Gasteiger partial charge in [-0.1, -0.05) is 12.1 Å². The Morgan fingerprint density at radius 1 is 1.19 bits per heavy atom. The predicted octanol–water partition coefficient (Wildman–Crippen LogP) is 3.78. The SMILES string of the molecule is C[C@@H](NC(=O)c1nnc(-c2ccc(F)cn2)o1)c1cccc(C(F)(F)F)c1. The van der Waals surface area contributed by atoms with Crippen LogP contribution >= 0.6 is 0 Å². The molecule has 0 saturated carbocycles. The minimum Gasteiger partial charge on any atom is -0.411 e. The van der Waals surface area contributed by atoms with Gasteiger partial charge in [0.15, 0.2) is 0 Å². The van der Waals surface area contributed by atoms with Crippen LogP contribution in [0.4, 0.5) is 17.6 Å². The van der Waals surface area contributed by atoms with E-state index in [4.69, 9.17) is 4.42 Å². The quantitative estimate of drug-likeness (QED) is 0.697.